The Hall–Kier alpha value is -0.380. The Labute approximate surface area is 99.4 Å². The van der Waals surface area contributed by atoms with Crippen molar-refractivity contribution in [3.63, 3.8) is 0 Å². The molecule has 1 saturated heterocycles. The maximum Gasteiger partial charge on any atom is 0.0594 e. The summed E-state index contributed by atoms with van der Waals surface area (Å²) < 4.78 is 6.45. The van der Waals surface area contributed by atoms with E-state index in [9.17, 15) is 0 Å². The largest absolute Gasteiger partial charge is 0.379 e. The summed E-state index contributed by atoms with van der Waals surface area (Å²) in [5.41, 5.74) is 1.27. The lowest BCUT2D eigenvalue weighted by Gasteiger charge is -2.26. The lowest BCUT2D eigenvalue weighted by molar-refractivity contribution is 0.0421. The van der Waals surface area contributed by atoms with Crippen LogP contribution in [-0.4, -0.2) is 37.7 Å². The molecule has 1 heterocycles. The molecule has 0 atom stereocenters. The van der Waals surface area contributed by atoms with Crippen LogP contribution in [0, 0.1) is 6.42 Å². The van der Waals surface area contributed by atoms with Gasteiger partial charge in [0, 0.05) is 30.5 Å². The molecule has 3 heteroatoms. The van der Waals surface area contributed by atoms with Gasteiger partial charge in [-0.25, -0.2) is 0 Å². The first-order valence-corrected chi connectivity index (χ1v) is 6.03. The van der Waals surface area contributed by atoms with Crippen molar-refractivity contribution in [2.45, 2.75) is 0 Å². The van der Waals surface area contributed by atoms with E-state index in [1.165, 1.54) is 5.56 Å². The van der Waals surface area contributed by atoms with Crippen LogP contribution >= 0.6 is 15.9 Å². The molecule has 0 aliphatic carbocycles. The third kappa shape index (κ3) is 3.59. The second-order valence-corrected chi connectivity index (χ2v) is 4.59. The van der Waals surface area contributed by atoms with Gasteiger partial charge in [0.05, 0.1) is 13.2 Å². The fourth-order valence-corrected chi connectivity index (χ4v) is 2.07. The third-order valence-electron chi connectivity index (χ3n) is 2.54. The van der Waals surface area contributed by atoms with E-state index >= 15 is 0 Å². The highest BCUT2D eigenvalue weighted by molar-refractivity contribution is 9.10. The highest BCUT2D eigenvalue weighted by Crippen LogP contribution is 2.13. The lowest BCUT2D eigenvalue weighted by atomic mass is 10.1. The molecule has 0 amide bonds. The first-order valence-electron chi connectivity index (χ1n) is 5.23. The number of rotatable bonds is 3. The van der Waals surface area contributed by atoms with Crippen molar-refractivity contribution >= 4 is 15.9 Å². The first kappa shape index (κ1) is 11.1. The van der Waals surface area contributed by atoms with E-state index in [1.807, 2.05) is 6.07 Å². The number of benzene rings is 1. The van der Waals surface area contributed by atoms with E-state index in [1.54, 1.807) is 0 Å². The Morgan fingerprint density at radius 2 is 2.13 bits per heavy atom. The number of halogens is 1. The Bertz CT molecular complexity index is 310. The molecule has 81 valence electrons. The third-order valence-corrected chi connectivity index (χ3v) is 3.03. The van der Waals surface area contributed by atoms with Gasteiger partial charge in [0.15, 0.2) is 0 Å². The molecule has 15 heavy (non-hydrogen) atoms. The van der Waals surface area contributed by atoms with Crippen LogP contribution in [0.2, 0.25) is 0 Å². The van der Waals surface area contributed by atoms with Gasteiger partial charge < -0.3 is 4.74 Å². The molecular formula is C12H15BrNO. The normalized spacial score (nSPS) is 17.9. The van der Waals surface area contributed by atoms with Gasteiger partial charge >= 0.3 is 0 Å². The summed E-state index contributed by atoms with van der Waals surface area (Å²) in [6.07, 6.45) is 2.26. The van der Waals surface area contributed by atoms with Crippen LogP contribution in [0.3, 0.4) is 0 Å². The summed E-state index contributed by atoms with van der Waals surface area (Å²) >= 11 is 3.47. The Morgan fingerprint density at radius 1 is 1.33 bits per heavy atom. The van der Waals surface area contributed by atoms with Gasteiger partial charge in [0.25, 0.3) is 0 Å². The van der Waals surface area contributed by atoms with Crippen molar-refractivity contribution in [3.05, 3.63) is 40.7 Å². The first-order chi connectivity index (χ1) is 7.34. The molecule has 0 saturated carbocycles. The maximum atomic E-state index is 5.31. The van der Waals surface area contributed by atoms with Gasteiger partial charge in [-0.05, 0) is 17.7 Å². The molecule has 0 N–H and O–H groups in total. The van der Waals surface area contributed by atoms with Crippen LogP contribution in [0.5, 0.6) is 0 Å². The Kier molecular flexibility index (Phi) is 4.18. The van der Waals surface area contributed by atoms with E-state index < -0.39 is 0 Å². The van der Waals surface area contributed by atoms with Gasteiger partial charge in [0.2, 0.25) is 0 Å². The van der Waals surface area contributed by atoms with E-state index in [4.69, 9.17) is 4.74 Å². The molecule has 1 radical (unpaired) electrons. The second-order valence-electron chi connectivity index (χ2n) is 3.67. The van der Waals surface area contributed by atoms with E-state index in [0.29, 0.717) is 0 Å². The van der Waals surface area contributed by atoms with Gasteiger partial charge in [-0.15, -0.1) is 0 Å². The monoisotopic (exact) mass is 268 g/mol. The zero-order chi connectivity index (χ0) is 10.5. The number of ether oxygens (including phenoxy) is 1. The average Bonchev–Trinajstić information content (AvgIpc) is 2.28. The molecule has 2 nitrogen and oxygen atoms in total. The topological polar surface area (TPSA) is 12.5 Å². The van der Waals surface area contributed by atoms with Crippen LogP contribution < -0.4 is 0 Å². The summed E-state index contributed by atoms with van der Waals surface area (Å²) in [6.45, 7) is 4.84. The summed E-state index contributed by atoms with van der Waals surface area (Å²) in [5.74, 6) is 0. The predicted octanol–water partition coefficient (Wildman–Crippen LogP) is 2.33. The second kappa shape index (κ2) is 5.64. The lowest BCUT2D eigenvalue weighted by Crippen LogP contribution is -2.37. The van der Waals surface area contributed by atoms with Crippen LogP contribution in [0.4, 0.5) is 0 Å². The minimum Gasteiger partial charge on any atom is -0.379 e. The summed E-state index contributed by atoms with van der Waals surface area (Å²) in [5, 5.41) is 0. The van der Waals surface area contributed by atoms with Gasteiger partial charge in [0.1, 0.15) is 0 Å². The van der Waals surface area contributed by atoms with E-state index in [-0.39, 0.29) is 0 Å². The summed E-state index contributed by atoms with van der Waals surface area (Å²) in [6, 6.07) is 8.38. The molecule has 1 fully saturated rings. The number of hydrogen-bond acceptors (Lipinski definition) is 2. The molecule has 0 unspecified atom stereocenters. The fourth-order valence-electron chi connectivity index (χ4n) is 1.65. The van der Waals surface area contributed by atoms with Crippen molar-refractivity contribution < 1.29 is 4.74 Å². The van der Waals surface area contributed by atoms with Crippen LogP contribution in [0.1, 0.15) is 5.56 Å². The predicted molar refractivity (Wildman–Crippen MR) is 64.8 cm³/mol. The maximum absolute atomic E-state index is 5.31. The van der Waals surface area contributed by atoms with Crippen molar-refractivity contribution in [2.24, 2.45) is 0 Å². The zero-order valence-corrected chi connectivity index (χ0v) is 10.2. The van der Waals surface area contributed by atoms with Crippen LogP contribution in [0.15, 0.2) is 28.7 Å². The number of nitrogens with zero attached hydrogens (tertiary/aromatic N) is 1. The summed E-state index contributed by atoms with van der Waals surface area (Å²) in [7, 11) is 0. The van der Waals surface area contributed by atoms with Crippen molar-refractivity contribution in [1.29, 1.82) is 0 Å². The van der Waals surface area contributed by atoms with E-state index in [0.717, 1.165) is 37.3 Å². The number of hydrogen-bond donors (Lipinski definition) is 0. The number of morpholine rings is 1. The zero-order valence-electron chi connectivity index (χ0n) is 8.66. The molecule has 0 aromatic heterocycles. The smallest absolute Gasteiger partial charge is 0.0594 e. The minimum absolute atomic E-state index is 0.867. The molecular weight excluding hydrogens is 254 g/mol. The fraction of sp³-hybridized carbons (Fsp3) is 0.417. The highest BCUT2D eigenvalue weighted by Gasteiger charge is 2.09. The molecule has 0 spiro atoms. The molecule has 0 bridgehead atoms. The van der Waals surface area contributed by atoms with Gasteiger partial charge in [-0.2, -0.15) is 0 Å². The average molecular weight is 269 g/mol. The molecule has 2 rings (SSSR count). The SMILES string of the molecule is Brc1cccc([CH]CN2CCOCC2)c1. The highest BCUT2D eigenvalue weighted by atomic mass is 79.9. The van der Waals surface area contributed by atoms with Crippen molar-refractivity contribution in [2.75, 3.05) is 32.8 Å². The van der Waals surface area contributed by atoms with Gasteiger partial charge in [-0.3, -0.25) is 4.90 Å². The summed E-state index contributed by atoms with van der Waals surface area (Å²) in [4.78, 5) is 2.41. The van der Waals surface area contributed by atoms with Crippen molar-refractivity contribution in [3.8, 4) is 0 Å². The Balaban J connectivity index is 1.81. The van der Waals surface area contributed by atoms with Crippen LogP contribution in [0.25, 0.3) is 0 Å². The Morgan fingerprint density at radius 3 is 2.87 bits per heavy atom. The molecule has 1 aliphatic rings. The van der Waals surface area contributed by atoms with Crippen LogP contribution in [-0.2, 0) is 4.74 Å². The van der Waals surface area contributed by atoms with Crippen molar-refractivity contribution in [1.82, 2.24) is 4.90 Å². The molecule has 1 aliphatic heterocycles. The van der Waals surface area contributed by atoms with Gasteiger partial charge in [-0.1, -0.05) is 28.1 Å². The van der Waals surface area contributed by atoms with E-state index in [2.05, 4.69) is 45.4 Å². The quantitative estimate of drug-likeness (QED) is 0.835. The molecule has 1 aromatic rings. The molecule has 1 aromatic carbocycles. The standard InChI is InChI=1S/C12H15BrNO/c13-12-3-1-2-11(10-12)4-5-14-6-8-15-9-7-14/h1-4,10H,5-9H2. The minimum atomic E-state index is 0.867.